The number of hydrogen-bond donors (Lipinski definition) is 2. The maximum Gasteiger partial charge on any atom is 0.317 e. The van der Waals surface area contributed by atoms with Gasteiger partial charge in [-0.2, -0.15) is 0 Å². The number of fused-ring (bicyclic) bond motifs is 1. The molecule has 1 aliphatic carbocycles. The number of carbonyl (C=O) groups excluding carboxylic acids is 2. The van der Waals surface area contributed by atoms with Crippen molar-refractivity contribution in [3.63, 3.8) is 0 Å². The molecule has 1 saturated carbocycles. The molecule has 0 radical (unpaired) electrons. The van der Waals surface area contributed by atoms with Crippen molar-refractivity contribution in [1.29, 1.82) is 0 Å². The molecule has 4 rings (SSSR count). The molecule has 2 aliphatic heterocycles. The number of piperidine rings is 1. The van der Waals surface area contributed by atoms with Crippen LogP contribution in [0.4, 0.5) is 4.79 Å². The fourth-order valence-electron chi connectivity index (χ4n) is 4.65. The number of likely N-dealkylation sites (tertiary alicyclic amines) is 1. The maximum absolute atomic E-state index is 12.7. The average molecular weight is 457 g/mol. The topological polar surface area (TPSA) is 83.6 Å². The molecule has 1 aromatic rings. The van der Waals surface area contributed by atoms with E-state index in [9.17, 15) is 9.59 Å². The van der Waals surface area contributed by atoms with Crippen LogP contribution in [0.1, 0.15) is 66.9 Å². The van der Waals surface area contributed by atoms with Crippen LogP contribution in [0.25, 0.3) is 0 Å². The number of esters is 1. The minimum atomic E-state index is -0.0843. The Labute approximate surface area is 188 Å². The molecule has 0 bridgehead atoms. The van der Waals surface area contributed by atoms with Gasteiger partial charge in [0.15, 0.2) is 0 Å². The lowest BCUT2D eigenvalue weighted by Crippen LogP contribution is -2.48. The lowest BCUT2D eigenvalue weighted by Gasteiger charge is -2.34. The van der Waals surface area contributed by atoms with E-state index in [-0.39, 0.29) is 36.4 Å². The number of halogens is 1. The minimum absolute atomic E-state index is 0. The van der Waals surface area contributed by atoms with Gasteiger partial charge in [-0.25, -0.2) is 9.78 Å². The van der Waals surface area contributed by atoms with Crippen LogP contribution in [-0.4, -0.2) is 54.2 Å². The Kier molecular flexibility index (Phi) is 8.36. The van der Waals surface area contributed by atoms with Gasteiger partial charge < -0.3 is 20.3 Å². The second kappa shape index (κ2) is 10.8. The van der Waals surface area contributed by atoms with E-state index in [0.29, 0.717) is 12.5 Å². The number of thiazole rings is 1. The molecule has 30 heavy (non-hydrogen) atoms. The van der Waals surface area contributed by atoms with E-state index in [1.807, 2.05) is 23.2 Å². The molecular formula is C21H33ClN4O3S. The second-order valence-electron chi connectivity index (χ2n) is 8.36. The fourth-order valence-corrected chi connectivity index (χ4v) is 5.90. The lowest BCUT2D eigenvalue weighted by molar-refractivity contribution is -0.149. The minimum Gasteiger partial charge on any atom is -0.466 e. The molecule has 0 unspecified atom stereocenters. The third kappa shape index (κ3) is 5.45. The number of hydrogen-bond acceptors (Lipinski definition) is 6. The van der Waals surface area contributed by atoms with E-state index >= 15 is 0 Å². The number of nitrogens with one attached hydrogen (secondary N) is 2. The standard InChI is InChI=1S/C21H32N4O3S.ClH/c1-2-28-20(26)15-3-5-16(6-4-15)23-21(27)25-11-8-14(9-12-25)19-24-17-7-10-22-13-18(17)29-19;/h14-16,22H,2-13H2,1H3,(H,23,27);1H. The molecule has 9 heteroatoms. The number of aromatic nitrogens is 1. The van der Waals surface area contributed by atoms with Crippen LogP contribution in [0.5, 0.6) is 0 Å². The number of rotatable bonds is 4. The normalized spacial score (nSPS) is 24.5. The molecule has 3 heterocycles. The highest BCUT2D eigenvalue weighted by Gasteiger charge is 2.31. The molecule has 0 spiro atoms. The average Bonchev–Trinajstić information content (AvgIpc) is 3.19. The summed E-state index contributed by atoms with van der Waals surface area (Å²) in [6.07, 6.45) is 6.32. The summed E-state index contributed by atoms with van der Waals surface area (Å²) < 4.78 is 5.12. The van der Waals surface area contributed by atoms with Gasteiger partial charge in [-0.05, 0) is 45.4 Å². The first-order chi connectivity index (χ1) is 14.1. The maximum atomic E-state index is 12.7. The molecule has 2 fully saturated rings. The largest absolute Gasteiger partial charge is 0.466 e. The molecule has 7 nitrogen and oxygen atoms in total. The quantitative estimate of drug-likeness (QED) is 0.679. The van der Waals surface area contributed by atoms with Gasteiger partial charge in [0.25, 0.3) is 0 Å². The van der Waals surface area contributed by atoms with Crippen molar-refractivity contribution < 1.29 is 14.3 Å². The second-order valence-corrected chi connectivity index (χ2v) is 9.48. The van der Waals surface area contributed by atoms with Crippen LogP contribution in [0.15, 0.2) is 0 Å². The van der Waals surface area contributed by atoms with Crippen LogP contribution in [0.2, 0.25) is 0 Å². The van der Waals surface area contributed by atoms with E-state index in [4.69, 9.17) is 9.72 Å². The fraction of sp³-hybridized carbons (Fsp3) is 0.762. The van der Waals surface area contributed by atoms with Gasteiger partial charge in [0.05, 0.1) is 23.2 Å². The third-order valence-electron chi connectivity index (χ3n) is 6.43. The van der Waals surface area contributed by atoms with Gasteiger partial charge in [-0.1, -0.05) is 0 Å². The Hall–Kier alpha value is -1.38. The number of carbonyl (C=O) groups is 2. The molecule has 2 amide bonds. The Bertz CT molecular complexity index is 704. The summed E-state index contributed by atoms with van der Waals surface area (Å²) in [7, 11) is 0. The molecular weight excluding hydrogens is 424 g/mol. The highest BCUT2D eigenvalue weighted by atomic mass is 35.5. The van der Waals surface area contributed by atoms with Crippen molar-refractivity contribution in [2.75, 3.05) is 26.2 Å². The van der Waals surface area contributed by atoms with Crippen LogP contribution < -0.4 is 10.6 Å². The number of amides is 2. The predicted molar refractivity (Wildman–Crippen MR) is 119 cm³/mol. The van der Waals surface area contributed by atoms with Gasteiger partial charge in [0, 0.05) is 49.4 Å². The summed E-state index contributed by atoms with van der Waals surface area (Å²) in [4.78, 5) is 32.8. The van der Waals surface area contributed by atoms with Crippen LogP contribution in [0.3, 0.4) is 0 Å². The van der Waals surface area contributed by atoms with E-state index in [0.717, 1.165) is 71.1 Å². The van der Waals surface area contributed by atoms with Crippen LogP contribution >= 0.6 is 23.7 Å². The smallest absolute Gasteiger partial charge is 0.317 e. The van der Waals surface area contributed by atoms with Gasteiger partial charge in [-0.15, -0.1) is 23.7 Å². The monoisotopic (exact) mass is 456 g/mol. The van der Waals surface area contributed by atoms with Crippen molar-refractivity contribution in [3.8, 4) is 0 Å². The van der Waals surface area contributed by atoms with Gasteiger partial charge in [0.1, 0.15) is 0 Å². The molecule has 1 aromatic heterocycles. The summed E-state index contributed by atoms with van der Waals surface area (Å²) in [5.41, 5.74) is 1.28. The van der Waals surface area contributed by atoms with Crippen molar-refractivity contribution in [1.82, 2.24) is 20.5 Å². The molecule has 1 saturated heterocycles. The summed E-state index contributed by atoms with van der Waals surface area (Å²) in [6.45, 7) is 5.83. The Morgan fingerprint density at radius 2 is 1.93 bits per heavy atom. The summed E-state index contributed by atoms with van der Waals surface area (Å²) >= 11 is 1.86. The number of urea groups is 1. The van der Waals surface area contributed by atoms with Gasteiger partial charge in [0.2, 0.25) is 0 Å². The van der Waals surface area contributed by atoms with Crippen molar-refractivity contribution >= 4 is 35.7 Å². The zero-order chi connectivity index (χ0) is 20.2. The summed E-state index contributed by atoms with van der Waals surface area (Å²) in [6, 6.07) is 0.217. The van der Waals surface area contributed by atoms with E-state index < -0.39 is 0 Å². The zero-order valence-corrected chi connectivity index (χ0v) is 19.3. The SMILES string of the molecule is CCOC(=O)C1CCC(NC(=O)N2CCC(c3nc4c(s3)CNCC4)CC2)CC1.Cl. The molecule has 2 N–H and O–H groups in total. The van der Waals surface area contributed by atoms with Crippen LogP contribution in [-0.2, 0) is 22.5 Å². The molecule has 0 aromatic carbocycles. The highest BCUT2D eigenvalue weighted by Crippen LogP contribution is 2.34. The Balaban J connectivity index is 0.00000256. The predicted octanol–water partition coefficient (Wildman–Crippen LogP) is 3.22. The van der Waals surface area contributed by atoms with Crippen molar-refractivity contribution in [2.45, 2.75) is 70.4 Å². The van der Waals surface area contributed by atoms with E-state index in [1.54, 1.807) is 0 Å². The van der Waals surface area contributed by atoms with Crippen molar-refractivity contribution in [2.24, 2.45) is 5.92 Å². The highest BCUT2D eigenvalue weighted by molar-refractivity contribution is 7.11. The number of ether oxygens (including phenoxy) is 1. The van der Waals surface area contributed by atoms with E-state index in [2.05, 4.69) is 10.6 Å². The summed E-state index contributed by atoms with van der Waals surface area (Å²) in [5, 5.41) is 7.86. The third-order valence-corrected chi connectivity index (χ3v) is 7.69. The molecule has 3 aliphatic rings. The summed E-state index contributed by atoms with van der Waals surface area (Å²) in [5.74, 6) is 0.395. The Morgan fingerprint density at radius 1 is 1.20 bits per heavy atom. The first-order valence-corrected chi connectivity index (χ1v) is 11.9. The first-order valence-electron chi connectivity index (χ1n) is 11.0. The molecule has 168 valence electrons. The zero-order valence-electron chi connectivity index (χ0n) is 17.7. The Morgan fingerprint density at radius 3 is 2.60 bits per heavy atom. The van der Waals surface area contributed by atoms with E-state index in [1.165, 1.54) is 15.6 Å². The number of nitrogens with zero attached hydrogens (tertiary/aromatic N) is 2. The first kappa shape index (κ1) is 23.3. The van der Waals surface area contributed by atoms with Gasteiger partial charge in [-0.3, -0.25) is 4.79 Å². The van der Waals surface area contributed by atoms with Crippen molar-refractivity contribution in [3.05, 3.63) is 15.6 Å². The van der Waals surface area contributed by atoms with Crippen LogP contribution in [0, 0.1) is 5.92 Å². The van der Waals surface area contributed by atoms with Gasteiger partial charge >= 0.3 is 12.0 Å². The molecule has 0 atom stereocenters. The lowest BCUT2D eigenvalue weighted by atomic mass is 9.86.